The Labute approximate surface area is 137 Å². The normalized spacial score (nSPS) is 13.2. The second-order valence-corrected chi connectivity index (χ2v) is 6.14. The lowest BCUT2D eigenvalue weighted by molar-refractivity contribution is -0.385. The number of ketones is 1. The van der Waals surface area contributed by atoms with Crippen molar-refractivity contribution in [1.82, 2.24) is 0 Å². The van der Waals surface area contributed by atoms with Crippen LogP contribution >= 0.6 is 7.82 Å². The van der Waals surface area contributed by atoms with Crippen molar-refractivity contribution in [2.75, 3.05) is 6.61 Å². The van der Waals surface area contributed by atoms with Crippen molar-refractivity contribution < 1.29 is 28.2 Å². The van der Waals surface area contributed by atoms with E-state index in [1.54, 1.807) is 30.3 Å². The number of phosphoric ester groups is 1. The molecule has 8 nitrogen and oxygen atoms in total. The third-order valence-electron chi connectivity index (χ3n) is 3.03. The van der Waals surface area contributed by atoms with Gasteiger partial charge in [0.15, 0.2) is 5.78 Å². The van der Waals surface area contributed by atoms with Crippen LogP contribution in [-0.2, 0) is 20.2 Å². The van der Waals surface area contributed by atoms with Crippen molar-refractivity contribution in [2.45, 2.75) is 6.61 Å². The molecule has 0 fully saturated rings. The van der Waals surface area contributed by atoms with Crippen LogP contribution in [0.1, 0.15) is 15.9 Å². The van der Waals surface area contributed by atoms with E-state index in [0.29, 0.717) is 5.56 Å². The average Bonchev–Trinajstić information content (AvgIpc) is 2.59. The van der Waals surface area contributed by atoms with Crippen molar-refractivity contribution in [3.63, 3.8) is 0 Å². The van der Waals surface area contributed by atoms with Gasteiger partial charge in [-0.05, 0) is 6.07 Å². The number of nitro benzene ring substituents is 1. The maximum Gasteiger partial charge on any atom is 0.472 e. The van der Waals surface area contributed by atoms with E-state index < -0.39 is 31.7 Å². The van der Waals surface area contributed by atoms with Gasteiger partial charge >= 0.3 is 7.82 Å². The maximum absolute atomic E-state index is 11.8. The minimum absolute atomic E-state index is 0.120. The van der Waals surface area contributed by atoms with Gasteiger partial charge in [-0.3, -0.25) is 24.0 Å². The molecule has 1 unspecified atom stereocenters. The Hall–Kier alpha value is -2.38. The highest BCUT2D eigenvalue weighted by molar-refractivity contribution is 7.47. The van der Waals surface area contributed by atoms with Gasteiger partial charge in [0.25, 0.3) is 5.69 Å². The van der Waals surface area contributed by atoms with Gasteiger partial charge < -0.3 is 4.89 Å². The predicted octanol–water partition coefficient (Wildman–Crippen LogP) is 3.11. The number of rotatable bonds is 8. The van der Waals surface area contributed by atoms with E-state index in [0.717, 1.165) is 0 Å². The van der Waals surface area contributed by atoms with E-state index in [2.05, 4.69) is 4.52 Å². The minimum atomic E-state index is -4.53. The molecule has 1 atom stereocenters. The topological polar surface area (TPSA) is 116 Å². The zero-order valence-electron chi connectivity index (χ0n) is 12.4. The van der Waals surface area contributed by atoms with Gasteiger partial charge in [-0.15, -0.1) is 0 Å². The largest absolute Gasteiger partial charge is 0.472 e. The first kappa shape index (κ1) is 18.0. The molecule has 0 bridgehead atoms. The number of hydrogen-bond donors (Lipinski definition) is 1. The van der Waals surface area contributed by atoms with Crippen LogP contribution in [0.5, 0.6) is 0 Å². The molecule has 0 radical (unpaired) electrons. The Morgan fingerprint density at radius 3 is 2.38 bits per heavy atom. The van der Waals surface area contributed by atoms with Crippen molar-refractivity contribution in [3.05, 3.63) is 75.8 Å². The van der Waals surface area contributed by atoms with Crippen LogP contribution in [0.3, 0.4) is 0 Å². The van der Waals surface area contributed by atoms with Crippen LogP contribution in [0.2, 0.25) is 0 Å². The van der Waals surface area contributed by atoms with E-state index >= 15 is 0 Å². The van der Waals surface area contributed by atoms with Crippen LogP contribution in [0.25, 0.3) is 0 Å². The third kappa shape index (κ3) is 5.07. The van der Waals surface area contributed by atoms with Gasteiger partial charge in [0.05, 0.1) is 17.1 Å². The van der Waals surface area contributed by atoms with Crippen LogP contribution in [0, 0.1) is 10.1 Å². The molecular weight excluding hydrogens is 337 g/mol. The smallest absolute Gasteiger partial charge is 0.302 e. The average molecular weight is 351 g/mol. The number of Topliss-reactive ketones (excluding diaryl/α,β-unsaturated/α-hetero) is 1. The zero-order valence-corrected chi connectivity index (χ0v) is 13.3. The van der Waals surface area contributed by atoms with Crippen molar-refractivity contribution in [2.24, 2.45) is 0 Å². The summed E-state index contributed by atoms with van der Waals surface area (Å²) in [6, 6.07) is 13.8. The number of carbonyl (C=O) groups is 1. The predicted molar refractivity (Wildman–Crippen MR) is 84.4 cm³/mol. The van der Waals surface area contributed by atoms with Crippen LogP contribution in [0.4, 0.5) is 5.69 Å². The van der Waals surface area contributed by atoms with E-state index in [1.165, 1.54) is 24.3 Å². The van der Waals surface area contributed by atoms with Gasteiger partial charge in [0, 0.05) is 11.6 Å². The molecule has 24 heavy (non-hydrogen) atoms. The van der Waals surface area contributed by atoms with Crippen molar-refractivity contribution in [3.8, 4) is 0 Å². The number of nitrogens with zero attached hydrogens (tertiary/aromatic N) is 1. The third-order valence-corrected chi connectivity index (χ3v) is 3.94. The number of phosphoric acid groups is 1. The molecule has 0 saturated carbocycles. The number of nitro groups is 1. The SMILES string of the molecule is O=C(COP(=O)(O)OCc1ccccc1[N+](=O)[O-])c1ccccc1. The standard InChI is InChI=1S/C15H14NO7P/c17-15(12-6-2-1-3-7-12)11-23-24(20,21)22-10-13-8-4-5-9-14(13)16(18)19/h1-9H,10-11H2,(H,20,21). The fourth-order valence-electron chi connectivity index (χ4n) is 1.85. The lowest BCUT2D eigenvalue weighted by atomic mass is 10.1. The first-order chi connectivity index (χ1) is 11.4. The molecule has 0 amide bonds. The van der Waals surface area contributed by atoms with Gasteiger partial charge in [-0.25, -0.2) is 4.57 Å². The van der Waals surface area contributed by atoms with E-state index in [1.807, 2.05) is 0 Å². The Balaban J connectivity index is 1.94. The van der Waals surface area contributed by atoms with E-state index in [9.17, 15) is 24.4 Å². The second kappa shape index (κ2) is 7.94. The molecular formula is C15H14NO7P. The molecule has 2 rings (SSSR count). The fraction of sp³-hybridized carbons (Fsp3) is 0.133. The number of benzene rings is 2. The molecule has 0 aromatic heterocycles. The summed E-state index contributed by atoms with van der Waals surface area (Å²) in [5.41, 5.74) is 0.212. The molecule has 0 saturated heterocycles. The lowest BCUT2D eigenvalue weighted by Gasteiger charge is -2.12. The molecule has 1 N–H and O–H groups in total. The molecule has 0 aliphatic carbocycles. The Morgan fingerprint density at radius 2 is 1.71 bits per heavy atom. The van der Waals surface area contributed by atoms with Gasteiger partial charge in [-0.2, -0.15) is 0 Å². The van der Waals surface area contributed by atoms with Crippen molar-refractivity contribution in [1.29, 1.82) is 0 Å². The van der Waals surface area contributed by atoms with Crippen molar-refractivity contribution >= 4 is 19.3 Å². The highest BCUT2D eigenvalue weighted by atomic mass is 31.2. The molecule has 0 spiro atoms. The molecule has 126 valence electrons. The second-order valence-electron chi connectivity index (χ2n) is 4.69. The highest BCUT2D eigenvalue weighted by Gasteiger charge is 2.25. The van der Waals surface area contributed by atoms with Crippen LogP contribution in [-0.4, -0.2) is 22.2 Å². The number of hydrogen-bond acceptors (Lipinski definition) is 6. The fourth-order valence-corrected chi connectivity index (χ4v) is 2.50. The molecule has 0 aliphatic heterocycles. The highest BCUT2D eigenvalue weighted by Crippen LogP contribution is 2.44. The quantitative estimate of drug-likeness (QED) is 0.336. The summed E-state index contributed by atoms with van der Waals surface area (Å²) in [4.78, 5) is 31.6. The minimum Gasteiger partial charge on any atom is -0.302 e. The van der Waals surface area contributed by atoms with Crippen LogP contribution in [0.15, 0.2) is 54.6 Å². The lowest BCUT2D eigenvalue weighted by Crippen LogP contribution is -2.09. The Morgan fingerprint density at radius 1 is 1.08 bits per heavy atom. The molecule has 0 aliphatic rings. The van der Waals surface area contributed by atoms with Gasteiger partial charge in [-0.1, -0.05) is 42.5 Å². The Bertz CT molecular complexity index is 778. The first-order valence-electron chi connectivity index (χ1n) is 6.81. The van der Waals surface area contributed by atoms with E-state index in [-0.39, 0.29) is 11.3 Å². The number of carbonyl (C=O) groups excluding carboxylic acids is 1. The summed E-state index contributed by atoms with van der Waals surface area (Å²) < 4.78 is 21.2. The summed E-state index contributed by atoms with van der Waals surface area (Å²) in [5, 5.41) is 10.9. The van der Waals surface area contributed by atoms with Crippen LogP contribution < -0.4 is 0 Å². The summed E-state index contributed by atoms with van der Waals surface area (Å²) in [6.45, 7) is -1.14. The summed E-state index contributed by atoms with van der Waals surface area (Å²) in [6.07, 6.45) is 0. The van der Waals surface area contributed by atoms with Gasteiger partial charge in [0.2, 0.25) is 0 Å². The molecule has 2 aromatic carbocycles. The maximum atomic E-state index is 11.8. The summed E-state index contributed by atoms with van der Waals surface area (Å²) >= 11 is 0. The Kier molecular flexibility index (Phi) is 5.94. The first-order valence-corrected chi connectivity index (χ1v) is 8.31. The summed E-state index contributed by atoms with van der Waals surface area (Å²) in [7, 11) is -4.53. The summed E-state index contributed by atoms with van der Waals surface area (Å²) in [5.74, 6) is -0.487. The molecule has 2 aromatic rings. The zero-order chi connectivity index (χ0) is 17.6. The van der Waals surface area contributed by atoms with E-state index in [4.69, 9.17) is 4.52 Å². The molecule has 0 heterocycles. The number of para-hydroxylation sites is 1. The van der Waals surface area contributed by atoms with Gasteiger partial charge in [0.1, 0.15) is 6.61 Å². The monoisotopic (exact) mass is 351 g/mol. The molecule has 9 heteroatoms.